The van der Waals surface area contributed by atoms with Crippen molar-refractivity contribution in [1.29, 1.82) is 0 Å². The second-order valence-electron chi connectivity index (χ2n) is 5.69. The van der Waals surface area contributed by atoms with E-state index in [1.807, 2.05) is 18.2 Å². The molecule has 0 N–H and O–H groups in total. The fourth-order valence-corrected chi connectivity index (χ4v) is 4.63. The summed E-state index contributed by atoms with van der Waals surface area (Å²) in [6.07, 6.45) is 0. The number of carbonyl (C=O) groups excluding carboxylic acids is 1. The molecule has 0 bridgehead atoms. The molecule has 0 fully saturated rings. The summed E-state index contributed by atoms with van der Waals surface area (Å²) in [5.74, 6) is -0.203. The Kier molecular flexibility index (Phi) is 3.18. The topological polar surface area (TPSA) is 67.3 Å². The molecule has 0 radical (unpaired) electrons. The number of carbonyl (C=O) groups is 1. The Hall–Kier alpha value is -2.73. The Labute approximate surface area is 139 Å². The second-order valence-corrected chi connectivity index (χ2v) is 7.55. The maximum atomic E-state index is 13.0. The zero-order valence-electron chi connectivity index (χ0n) is 12.9. The van der Waals surface area contributed by atoms with Crippen LogP contribution in [0.5, 0.6) is 0 Å². The number of nitrogens with zero attached hydrogens (tertiary/aromatic N) is 2. The summed E-state index contributed by atoms with van der Waals surface area (Å²) >= 11 is 0. The highest BCUT2D eigenvalue weighted by atomic mass is 32.2. The van der Waals surface area contributed by atoms with Crippen LogP contribution in [0, 0.1) is 6.92 Å². The first-order valence-corrected chi connectivity index (χ1v) is 8.94. The third-order valence-electron chi connectivity index (χ3n) is 4.19. The van der Waals surface area contributed by atoms with Gasteiger partial charge in [-0.15, -0.1) is 0 Å². The maximum absolute atomic E-state index is 13.0. The number of rotatable bonds is 2. The van der Waals surface area contributed by atoms with Gasteiger partial charge < -0.3 is 0 Å². The number of aryl methyl sites for hydroxylation is 1. The molecule has 0 atom stereocenters. The molecule has 2 aromatic carbocycles. The maximum Gasteiger partial charge on any atom is 0.264 e. The summed E-state index contributed by atoms with van der Waals surface area (Å²) in [6, 6.07) is 15.4. The van der Waals surface area contributed by atoms with Crippen LogP contribution in [0.1, 0.15) is 16.1 Å². The Morgan fingerprint density at radius 1 is 1.00 bits per heavy atom. The van der Waals surface area contributed by atoms with Gasteiger partial charge in [-0.25, -0.2) is 8.42 Å². The van der Waals surface area contributed by atoms with Gasteiger partial charge in [0.05, 0.1) is 33.9 Å². The Morgan fingerprint density at radius 3 is 2.42 bits per heavy atom. The lowest BCUT2D eigenvalue weighted by molar-refractivity contribution is 0.101. The third kappa shape index (κ3) is 2.03. The molecular weight excluding hydrogens is 324 g/mol. The van der Waals surface area contributed by atoms with Crippen LogP contribution >= 0.6 is 0 Å². The largest absolute Gasteiger partial charge is 0.292 e. The van der Waals surface area contributed by atoms with Crippen molar-refractivity contribution < 1.29 is 13.2 Å². The zero-order chi connectivity index (χ0) is 16.9. The van der Waals surface area contributed by atoms with Crippen LogP contribution in [0.15, 0.2) is 59.5 Å². The summed E-state index contributed by atoms with van der Waals surface area (Å²) in [4.78, 5) is 17.2. The van der Waals surface area contributed by atoms with Crippen LogP contribution in [0.25, 0.3) is 10.9 Å². The van der Waals surface area contributed by atoms with Gasteiger partial charge in [0, 0.05) is 5.39 Å². The van der Waals surface area contributed by atoms with Crippen molar-refractivity contribution in [2.24, 2.45) is 0 Å². The number of fused-ring (bicyclic) bond motifs is 3. The summed E-state index contributed by atoms with van der Waals surface area (Å²) in [5.41, 5.74) is 2.07. The van der Waals surface area contributed by atoms with Crippen LogP contribution < -0.4 is 4.31 Å². The average Bonchev–Trinajstić information content (AvgIpc) is 2.95. The van der Waals surface area contributed by atoms with E-state index in [2.05, 4.69) is 4.98 Å². The van der Waals surface area contributed by atoms with Gasteiger partial charge in [0.2, 0.25) is 0 Å². The normalized spacial score (nSPS) is 14.2. The third-order valence-corrected chi connectivity index (χ3v) is 5.95. The zero-order valence-corrected chi connectivity index (χ0v) is 13.7. The molecule has 120 valence electrons. The van der Waals surface area contributed by atoms with E-state index in [9.17, 15) is 13.2 Å². The SMILES string of the molecule is Cc1nc2ccccc2c2c1N(S(=O)(=O)c1ccccc1)CC2=O. The lowest BCUT2D eigenvalue weighted by atomic mass is 10.0. The van der Waals surface area contributed by atoms with Gasteiger partial charge in [0.25, 0.3) is 10.0 Å². The van der Waals surface area contributed by atoms with Gasteiger partial charge in [-0.2, -0.15) is 0 Å². The summed E-state index contributed by atoms with van der Waals surface area (Å²) in [5, 5.41) is 0.689. The number of aromatic nitrogens is 1. The van der Waals surface area contributed by atoms with Crippen LogP contribution in [-0.2, 0) is 10.0 Å². The van der Waals surface area contributed by atoms with E-state index in [-0.39, 0.29) is 17.2 Å². The number of sulfonamides is 1. The van der Waals surface area contributed by atoms with Crippen molar-refractivity contribution in [2.75, 3.05) is 10.8 Å². The smallest absolute Gasteiger partial charge is 0.264 e. The highest BCUT2D eigenvalue weighted by molar-refractivity contribution is 7.93. The Bertz CT molecular complexity index is 1080. The van der Waals surface area contributed by atoms with Gasteiger partial charge in [0.15, 0.2) is 5.78 Å². The number of ketones is 1. The standard InChI is InChI=1S/C18H14N2O3S/c1-12-18-17(14-9-5-6-10-15(14)19-12)16(21)11-20(18)24(22,23)13-7-3-2-4-8-13/h2-10H,11H2,1H3. The van der Waals surface area contributed by atoms with Gasteiger partial charge in [0.1, 0.15) is 0 Å². The number of hydrogen-bond acceptors (Lipinski definition) is 4. The molecule has 0 amide bonds. The number of hydrogen-bond donors (Lipinski definition) is 0. The molecule has 3 aromatic rings. The molecule has 5 nitrogen and oxygen atoms in total. The van der Waals surface area contributed by atoms with Crippen molar-refractivity contribution in [3.63, 3.8) is 0 Å². The van der Waals surface area contributed by atoms with Gasteiger partial charge in [-0.3, -0.25) is 14.1 Å². The van der Waals surface area contributed by atoms with E-state index >= 15 is 0 Å². The van der Waals surface area contributed by atoms with Gasteiger partial charge >= 0.3 is 0 Å². The number of pyridine rings is 1. The quantitative estimate of drug-likeness (QED) is 0.720. The number of anilines is 1. The molecule has 4 rings (SSSR count). The molecule has 24 heavy (non-hydrogen) atoms. The van der Waals surface area contributed by atoms with Crippen LogP contribution in [0.2, 0.25) is 0 Å². The van der Waals surface area contributed by atoms with Crippen molar-refractivity contribution in [3.8, 4) is 0 Å². The number of Topliss-reactive ketones (excluding diaryl/α,β-unsaturated/α-hetero) is 1. The summed E-state index contributed by atoms with van der Waals surface area (Å²) in [7, 11) is -3.80. The molecular formula is C18H14N2O3S. The predicted octanol–water partition coefficient (Wildman–Crippen LogP) is 2.93. The van der Waals surface area contributed by atoms with Crippen LogP contribution in [0.4, 0.5) is 5.69 Å². The van der Waals surface area contributed by atoms with Crippen molar-refractivity contribution >= 4 is 32.4 Å². The van der Waals surface area contributed by atoms with Crippen molar-refractivity contribution in [3.05, 3.63) is 65.9 Å². The molecule has 1 aliphatic heterocycles. The first kappa shape index (κ1) is 14.8. The minimum Gasteiger partial charge on any atom is -0.292 e. The highest BCUT2D eigenvalue weighted by Crippen LogP contribution is 2.38. The van der Waals surface area contributed by atoms with Crippen molar-refractivity contribution in [2.45, 2.75) is 11.8 Å². The molecule has 1 aliphatic rings. The van der Waals surface area contributed by atoms with E-state index in [1.165, 1.54) is 16.4 Å². The lowest BCUT2D eigenvalue weighted by Gasteiger charge is -2.20. The van der Waals surface area contributed by atoms with Crippen LogP contribution in [-0.4, -0.2) is 25.7 Å². The summed E-state index contributed by atoms with van der Waals surface area (Å²) in [6.45, 7) is 1.54. The van der Waals surface area contributed by atoms with E-state index in [1.54, 1.807) is 31.2 Å². The molecule has 0 saturated heterocycles. The van der Waals surface area contributed by atoms with Crippen LogP contribution in [0.3, 0.4) is 0 Å². The van der Waals surface area contributed by atoms with Crippen molar-refractivity contribution in [1.82, 2.24) is 4.98 Å². The number of para-hydroxylation sites is 1. The lowest BCUT2D eigenvalue weighted by Crippen LogP contribution is -2.31. The fourth-order valence-electron chi connectivity index (χ4n) is 3.13. The van der Waals surface area contributed by atoms with E-state index in [4.69, 9.17) is 0 Å². The minimum atomic E-state index is -3.80. The first-order chi connectivity index (χ1) is 11.5. The van der Waals surface area contributed by atoms with Gasteiger partial charge in [-0.1, -0.05) is 36.4 Å². The molecule has 0 unspecified atom stereocenters. The number of benzene rings is 2. The predicted molar refractivity (Wildman–Crippen MR) is 91.8 cm³/mol. The van der Waals surface area contributed by atoms with E-state index in [0.29, 0.717) is 27.8 Å². The first-order valence-electron chi connectivity index (χ1n) is 7.50. The Balaban J connectivity index is 1.99. The highest BCUT2D eigenvalue weighted by Gasteiger charge is 2.38. The van der Waals surface area contributed by atoms with Gasteiger partial charge in [-0.05, 0) is 25.1 Å². The molecule has 0 spiro atoms. The molecule has 0 saturated carbocycles. The molecule has 0 aliphatic carbocycles. The molecule has 6 heteroatoms. The second kappa shape index (κ2) is 5.14. The minimum absolute atomic E-state index is 0.165. The fraction of sp³-hybridized carbons (Fsp3) is 0.111. The molecule has 1 aromatic heterocycles. The molecule has 2 heterocycles. The average molecular weight is 338 g/mol. The van der Waals surface area contributed by atoms with E-state index in [0.717, 1.165) is 0 Å². The van der Waals surface area contributed by atoms with E-state index < -0.39 is 10.0 Å². The summed E-state index contributed by atoms with van der Waals surface area (Å²) < 4.78 is 27.1. The Morgan fingerprint density at radius 2 is 1.67 bits per heavy atom. The monoisotopic (exact) mass is 338 g/mol.